The quantitative estimate of drug-likeness (QED) is 0.591. The van der Waals surface area contributed by atoms with E-state index in [1.54, 1.807) is 12.4 Å². The van der Waals surface area contributed by atoms with E-state index in [9.17, 15) is 10.1 Å². The molecule has 3 rings (SSSR count). The van der Waals surface area contributed by atoms with Crippen molar-refractivity contribution in [1.29, 1.82) is 0 Å². The van der Waals surface area contributed by atoms with E-state index in [0.717, 1.165) is 0 Å². The number of nitro groups is 1. The Morgan fingerprint density at radius 3 is 2.65 bits per heavy atom. The van der Waals surface area contributed by atoms with Gasteiger partial charge >= 0.3 is 5.69 Å². The van der Waals surface area contributed by atoms with Crippen LogP contribution in [-0.4, -0.2) is 50.7 Å². The fourth-order valence-corrected chi connectivity index (χ4v) is 2.10. The second-order valence-electron chi connectivity index (χ2n) is 4.20. The molecule has 1 saturated heterocycles. The Bertz CT molecular complexity index is 609. The number of hydrogen-bond acceptors (Lipinski definition) is 7. The summed E-state index contributed by atoms with van der Waals surface area (Å²) in [7, 11) is 0. The van der Waals surface area contributed by atoms with Gasteiger partial charge in [-0.2, -0.15) is 0 Å². The number of hydrogen-bond donors (Lipinski definition) is 0. The molecule has 1 fully saturated rings. The molecular formula is C11H12N6O3. The van der Waals surface area contributed by atoms with Gasteiger partial charge in [0, 0.05) is 25.5 Å². The molecule has 0 N–H and O–H groups in total. The molecule has 0 aliphatic carbocycles. The first kappa shape index (κ1) is 12.5. The van der Waals surface area contributed by atoms with Crippen LogP contribution < -0.4 is 4.90 Å². The zero-order valence-electron chi connectivity index (χ0n) is 10.5. The van der Waals surface area contributed by atoms with Gasteiger partial charge in [0.15, 0.2) is 0 Å². The lowest BCUT2D eigenvalue weighted by molar-refractivity contribution is -0.384. The summed E-state index contributed by atoms with van der Waals surface area (Å²) < 4.78 is 6.76. The highest BCUT2D eigenvalue weighted by Gasteiger charge is 2.28. The summed E-state index contributed by atoms with van der Waals surface area (Å²) in [6.45, 7) is 2.20. The normalized spacial score (nSPS) is 15.3. The highest BCUT2D eigenvalue weighted by Crippen LogP contribution is 2.30. The van der Waals surface area contributed by atoms with E-state index in [2.05, 4.69) is 15.0 Å². The van der Waals surface area contributed by atoms with Crippen molar-refractivity contribution in [2.24, 2.45) is 0 Å². The smallest absolute Gasteiger partial charge is 0.354 e. The zero-order valence-corrected chi connectivity index (χ0v) is 10.5. The number of nitrogens with zero attached hydrogens (tertiary/aromatic N) is 6. The summed E-state index contributed by atoms with van der Waals surface area (Å²) in [5, 5.41) is 11.4. The van der Waals surface area contributed by atoms with Crippen LogP contribution in [0.3, 0.4) is 0 Å². The SMILES string of the molecule is O=[N+]([O-])c1c(N2CCOCC2)ncnc1-n1ccnc1. The first-order chi connectivity index (χ1) is 9.77. The Hall–Kier alpha value is -2.55. The van der Waals surface area contributed by atoms with Crippen molar-refractivity contribution < 1.29 is 9.66 Å². The van der Waals surface area contributed by atoms with Crippen LogP contribution in [0.1, 0.15) is 0 Å². The first-order valence-corrected chi connectivity index (χ1v) is 6.08. The summed E-state index contributed by atoms with van der Waals surface area (Å²) in [5.74, 6) is 0.529. The molecule has 0 unspecified atom stereocenters. The summed E-state index contributed by atoms with van der Waals surface area (Å²) in [4.78, 5) is 24.8. The molecule has 1 aliphatic heterocycles. The van der Waals surface area contributed by atoms with Gasteiger partial charge in [-0.1, -0.05) is 0 Å². The van der Waals surface area contributed by atoms with Gasteiger partial charge in [-0.3, -0.25) is 14.7 Å². The van der Waals surface area contributed by atoms with Crippen LogP contribution in [0.2, 0.25) is 0 Å². The number of morpholine rings is 1. The van der Waals surface area contributed by atoms with Crippen molar-refractivity contribution in [3.8, 4) is 5.82 Å². The molecule has 2 aromatic rings. The third kappa shape index (κ3) is 2.18. The number of anilines is 1. The van der Waals surface area contributed by atoms with Gasteiger partial charge in [0.2, 0.25) is 11.6 Å². The summed E-state index contributed by atoms with van der Waals surface area (Å²) in [5.41, 5.74) is -0.118. The second kappa shape index (κ2) is 5.21. The molecule has 0 saturated carbocycles. The fourth-order valence-electron chi connectivity index (χ4n) is 2.10. The first-order valence-electron chi connectivity index (χ1n) is 6.08. The van der Waals surface area contributed by atoms with Gasteiger partial charge in [0.25, 0.3) is 0 Å². The molecule has 0 spiro atoms. The van der Waals surface area contributed by atoms with E-state index >= 15 is 0 Å². The predicted octanol–water partition coefficient (Wildman–Crippen LogP) is 0.407. The van der Waals surface area contributed by atoms with E-state index in [0.29, 0.717) is 32.1 Å². The van der Waals surface area contributed by atoms with Gasteiger partial charge in [0.05, 0.1) is 18.1 Å². The minimum absolute atomic E-state index is 0.118. The Kier molecular flexibility index (Phi) is 3.25. The van der Waals surface area contributed by atoms with Gasteiger partial charge in [-0.05, 0) is 0 Å². The molecule has 0 bridgehead atoms. The zero-order chi connectivity index (χ0) is 13.9. The maximum atomic E-state index is 11.4. The van der Waals surface area contributed by atoms with E-state index in [1.165, 1.54) is 17.2 Å². The fraction of sp³-hybridized carbons (Fsp3) is 0.364. The van der Waals surface area contributed by atoms with Gasteiger partial charge in [-0.25, -0.2) is 15.0 Å². The third-order valence-electron chi connectivity index (χ3n) is 3.03. The molecule has 0 radical (unpaired) electrons. The molecular weight excluding hydrogens is 264 g/mol. The second-order valence-corrected chi connectivity index (χ2v) is 4.20. The molecule has 1 aliphatic rings. The third-order valence-corrected chi connectivity index (χ3v) is 3.03. The van der Waals surface area contributed by atoms with E-state index in [4.69, 9.17) is 4.74 Å². The molecule has 20 heavy (non-hydrogen) atoms. The monoisotopic (exact) mass is 276 g/mol. The molecule has 2 aromatic heterocycles. The average molecular weight is 276 g/mol. The number of aromatic nitrogens is 4. The van der Waals surface area contributed by atoms with Crippen molar-refractivity contribution in [1.82, 2.24) is 19.5 Å². The van der Waals surface area contributed by atoms with Gasteiger partial charge in [0.1, 0.15) is 12.7 Å². The van der Waals surface area contributed by atoms with Gasteiger partial charge in [-0.15, -0.1) is 0 Å². The van der Waals surface area contributed by atoms with Crippen molar-refractivity contribution in [2.45, 2.75) is 0 Å². The standard InChI is InChI=1S/C11H12N6O3/c18-17(19)9-10(15-3-5-20-6-4-15)13-7-14-11(9)16-2-1-12-8-16/h1-2,7-8H,3-6H2. The van der Waals surface area contributed by atoms with Crippen LogP contribution in [0.25, 0.3) is 5.82 Å². The summed E-state index contributed by atoms with van der Waals surface area (Å²) in [6.07, 6.45) is 5.95. The predicted molar refractivity (Wildman–Crippen MR) is 68.8 cm³/mol. The van der Waals surface area contributed by atoms with Gasteiger partial charge < -0.3 is 9.64 Å². The maximum absolute atomic E-state index is 11.4. The van der Waals surface area contributed by atoms with Crippen LogP contribution in [0, 0.1) is 10.1 Å². The molecule has 104 valence electrons. The maximum Gasteiger partial charge on any atom is 0.354 e. The Labute approximate surface area is 114 Å². The Balaban J connectivity index is 2.10. The minimum atomic E-state index is -0.458. The van der Waals surface area contributed by atoms with Crippen molar-refractivity contribution in [3.05, 3.63) is 35.2 Å². The van der Waals surface area contributed by atoms with Crippen LogP contribution in [0.4, 0.5) is 11.5 Å². The highest BCUT2D eigenvalue weighted by atomic mass is 16.6. The van der Waals surface area contributed by atoms with E-state index in [-0.39, 0.29) is 11.5 Å². The van der Waals surface area contributed by atoms with Crippen LogP contribution >= 0.6 is 0 Å². The van der Waals surface area contributed by atoms with Crippen LogP contribution in [0.5, 0.6) is 0 Å². The lowest BCUT2D eigenvalue weighted by atomic mass is 10.3. The molecule has 3 heterocycles. The summed E-state index contributed by atoms with van der Waals surface area (Å²) in [6, 6.07) is 0. The van der Waals surface area contributed by atoms with Crippen LogP contribution in [-0.2, 0) is 4.74 Å². The number of imidazole rings is 1. The number of ether oxygens (including phenoxy) is 1. The van der Waals surface area contributed by atoms with Crippen molar-refractivity contribution in [3.63, 3.8) is 0 Å². The minimum Gasteiger partial charge on any atom is -0.378 e. The molecule has 0 atom stereocenters. The van der Waals surface area contributed by atoms with E-state index in [1.807, 2.05) is 4.90 Å². The average Bonchev–Trinajstić information content (AvgIpc) is 3.01. The van der Waals surface area contributed by atoms with Crippen molar-refractivity contribution in [2.75, 3.05) is 31.2 Å². The Morgan fingerprint density at radius 2 is 2.00 bits per heavy atom. The molecule has 9 heteroatoms. The lowest BCUT2D eigenvalue weighted by Gasteiger charge is -2.27. The topological polar surface area (TPSA) is 99.2 Å². The van der Waals surface area contributed by atoms with Crippen molar-refractivity contribution >= 4 is 11.5 Å². The Morgan fingerprint density at radius 1 is 1.25 bits per heavy atom. The number of rotatable bonds is 3. The molecule has 0 amide bonds. The highest BCUT2D eigenvalue weighted by molar-refractivity contribution is 5.65. The largest absolute Gasteiger partial charge is 0.378 e. The summed E-state index contributed by atoms with van der Waals surface area (Å²) >= 11 is 0. The molecule has 9 nitrogen and oxygen atoms in total. The van der Waals surface area contributed by atoms with E-state index < -0.39 is 4.92 Å². The molecule has 0 aromatic carbocycles. The lowest BCUT2D eigenvalue weighted by Crippen LogP contribution is -2.37. The van der Waals surface area contributed by atoms with Crippen LogP contribution in [0.15, 0.2) is 25.0 Å².